The number of unbranched alkanes of at least 4 members (excludes halogenated alkanes) is 2. The zero-order chi connectivity index (χ0) is 55.3. The van der Waals surface area contributed by atoms with Crippen LogP contribution in [0.5, 0.6) is 0 Å². The first-order chi connectivity index (χ1) is 34.3. The van der Waals surface area contributed by atoms with E-state index in [4.69, 9.17) is 24.6 Å². The van der Waals surface area contributed by atoms with Gasteiger partial charge in [0.2, 0.25) is 11.8 Å². The van der Waals surface area contributed by atoms with Gasteiger partial charge in [0.15, 0.2) is 17.7 Å². The Hall–Kier alpha value is -4.10. The summed E-state index contributed by atoms with van der Waals surface area (Å²) in [5.74, 6) is -2.30. The molecular weight excluding hydrogens is 1040 g/mol. The molecule has 11 N–H and O–H groups in total. The number of fused-ring (bicyclic) bond motifs is 1. The maximum atomic E-state index is 12.9. The van der Waals surface area contributed by atoms with E-state index in [1.165, 1.54) is 25.0 Å². The molecule has 2 amide bonds. The molecule has 7 unspecified atom stereocenters. The molecule has 1 fully saturated rings. The number of aliphatic hydroxyl groups excluding tert-OH is 2. The molecule has 0 saturated carbocycles. The lowest BCUT2D eigenvalue weighted by atomic mass is 9.81. The molecule has 4 rings (SSSR count). The second kappa shape index (κ2) is 26.8. The molecule has 7 atom stereocenters. The topological polar surface area (TPSA) is 401 Å². The number of benzene rings is 1. The number of aliphatic carboxylic acids is 1. The van der Waals surface area contributed by atoms with Gasteiger partial charge in [0.1, 0.15) is 42.0 Å². The fourth-order valence-electron chi connectivity index (χ4n) is 8.37. The Kier molecular flexibility index (Phi) is 22.6. The highest BCUT2D eigenvalue weighted by Crippen LogP contribution is 2.61. The van der Waals surface area contributed by atoms with Crippen LogP contribution in [0.1, 0.15) is 123 Å². The van der Waals surface area contributed by atoms with Gasteiger partial charge < -0.3 is 56.0 Å². The summed E-state index contributed by atoms with van der Waals surface area (Å²) in [6.07, 6.45) is 0.932. The number of ether oxygens (including phenoxy) is 1. The van der Waals surface area contributed by atoms with Crippen LogP contribution in [0.25, 0.3) is 11.2 Å². The third-order valence-electron chi connectivity index (χ3n) is 12.3. The third-order valence-corrected chi connectivity index (χ3v) is 15.4. The summed E-state index contributed by atoms with van der Waals surface area (Å²) < 4.78 is 62.6. The number of nitrogens with two attached hydrogens (primary N) is 1. The molecule has 1 aliphatic heterocycles. The lowest BCUT2D eigenvalue weighted by molar-refractivity contribution is -0.139. The molecule has 0 radical (unpaired) electrons. The van der Waals surface area contributed by atoms with Gasteiger partial charge >= 0.3 is 29.4 Å². The number of carbonyl (C=O) groups excluding carboxylic acids is 3. The van der Waals surface area contributed by atoms with Crippen molar-refractivity contribution >= 4 is 64.0 Å². The van der Waals surface area contributed by atoms with Crippen LogP contribution < -0.4 is 16.4 Å². The first kappa shape index (κ1) is 62.4. The molecule has 1 saturated heterocycles. The number of rotatable bonds is 33. The summed E-state index contributed by atoms with van der Waals surface area (Å²) in [4.78, 5) is 101. The number of nitrogen functional groups attached to an aromatic ring is 1. The van der Waals surface area contributed by atoms with E-state index in [1.807, 2.05) is 39.8 Å². The Balaban J connectivity index is 1.13. The van der Waals surface area contributed by atoms with Crippen molar-refractivity contribution in [2.24, 2.45) is 16.2 Å². The van der Waals surface area contributed by atoms with Crippen molar-refractivity contribution in [1.29, 1.82) is 0 Å². The molecule has 1 aliphatic rings. The number of imidazole rings is 1. The van der Waals surface area contributed by atoms with Crippen molar-refractivity contribution in [3.05, 3.63) is 48.0 Å². The molecule has 74 heavy (non-hydrogen) atoms. The number of aromatic nitrogens is 4. The summed E-state index contributed by atoms with van der Waals surface area (Å²) in [5, 5.41) is 35.8. The Morgan fingerprint density at radius 3 is 2.00 bits per heavy atom. The largest absolute Gasteiger partial charge is 0.481 e. The zero-order valence-electron chi connectivity index (χ0n) is 42.4. The van der Waals surface area contributed by atoms with Gasteiger partial charge in [0, 0.05) is 37.8 Å². The average molecular weight is 1110 g/mol. The molecule has 416 valence electrons. The number of phosphoric acid groups is 3. The number of nitrogens with one attached hydrogen (secondary N) is 2. The monoisotopic (exact) mass is 1110 g/mol. The minimum atomic E-state index is -5.60. The van der Waals surface area contributed by atoms with Crippen molar-refractivity contribution in [1.82, 2.24) is 30.2 Å². The van der Waals surface area contributed by atoms with E-state index in [-0.39, 0.29) is 65.9 Å². The first-order valence-corrected chi connectivity index (χ1v) is 28.5. The minimum absolute atomic E-state index is 0.0125. The van der Waals surface area contributed by atoms with Gasteiger partial charge in [-0.15, -0.1) is 0 Å². The molecule has 3 heterocycles. The number of aryl methyl sites for hydroxylation is 2. The highest BCUT2D eigenvalue weighted by atomic mass is 31.3. The molecule has 0 bridgehead atoms. The normalized spacial score (nSPS) is 19.7. The highest BCUT2D eigenvalue weighted by Gasteiger charge is 2.50. The highest BCUT2D eigenvalue weighted by molar-refractivity contribution is 7.61. The summed E-state index contributed by atoms with van der Waals surface area (Å²) in [7, 11) is -16.5. The molecule has 2 aromatic heterocycles. The molecule has 0 spiro atoms. The van der Waals surface area contributed by atoms with E-state index in [0.717, 1.165) is 68.6 Å². The number of hydrogen-bond acceptors (Lipinski definition) is 18. The number of Topliss-reactive ketones (excluding diaryl/α,β-unsaturated/α-hetero) is 1. The maximum Gasteiger partial charge on any atom is 0.481 e. The second-order valence-corrected chi connectivity index (χ2v) is 24.9. The fourth-order valence-corrected chi connectivity index (χ4v) is 11.2. The maximum absolute atomic E-state index is 12.9. The summed E-state index contributed by atoms with van der Waals surface area (Å²) in [6, 6.07) is 8.38. The number of anilines is 1. The summed E-state index contributed by atoms with van der Waals surface area (Å²) >= 11 is 0. The third kappa shape index (κ3) is 20.5. The number of amides is 2. The smallest absolute Gasteiger partial charge is 0.481 e. The Morgan fingerprint density at radius 2 is 1.41 bits per heavy atom. The van der Waals surface area contributed by atoms with E-state index in [1.54, 1.807) is 0 Å². The number of ketones is 1. The van der Waals surface area contributed by atoms with Crippen molar-refractivity contribution in [3.63, 3.8) is 0 Å². The summed E-state index contributed by atoms with van der Waals surface area (Å²) in [5.41, 5.74) is 6.37. The van der Waals surface area contributed by atoms with Crippen molar-refractivity contribution in [2.75, 3.05) is 32.0 Å². The van der Waals surface area contributed by atoms with Crippen LogP contribution >= 0.6 is 23.5 Å². The van der Waals surface area contributed by atoms with Gasteiger partial charge in [-0.25, -0.2) is 28.6 Å². The minimum Gasteiger partial charge on any atom is -0.481 e. The number of phosphoric ester groups is 3. The number of carbonyl (C=O) groups is 4. The number of nitrogens with zero attached hydrogens (tertiary/aromatic N) is 4. The SMILES string of the molecule is CC(C)(CCCCc1ccccc1CCCCC(C)(C)CC(=O)CCNC(=O)CCNC(=O)C(O)C(C)(C)COP(=O)(O)OP(=O)(O)OCC1OC(n2cnc3c(N)ncnc32)C(O)C1OP(=O)(O)O)CC(=O)O. The van der Waals surface area contributed by atoms with Crippen LogP contribution in [-0.4, -0.2) is 129 Å². The average Bonchev–Trinajstić information content (AvgIpc) is 3.84. The van der Waals surface area contributed by atoms with Gasteiger partial charge in [0.25, 0.3) is 0 Å². The number of carboxylic acids is 1. The lowest BCUT2D eigenvalue weighted by Gasteiger charge is -2.30. The standard InChI is InChI=1S/C45H72N7O19P3/c1-43(2,19-11-9-15-29-13-7-8-14-30(29)16-10-12-20-44(3,4)24-34(55)56)23-31(53)17-21-47-33(54)18-22-48-41(59)38(58)45(5,6)26-68-74(65,66)71-73(63,64)67-25-32-37(70-72(60,61)62)36(57)42(69-32)52-28-51-35-39(46)49-27-50-40(35)52/h7-8,13-14,27-28,32,36-38,42,57-58H,9-12,15-26H2,1-6H3,(H,47,54)(H,48,59)(H,55,56)(H,63,64)(H,65,66)(H2,46,49,50)(H2,60,61,62). The molecule has 3 aromatic rings. The molecule has 29 heteroatoms. The van der Waals surface area contributed by atoms with Crippen LogP contribution in [-0.2, 0) is 68.3 Å². The van der Waals surface area contributed by atoms with E-state index < -0.39 is 90.5 Å². The molecule has 26 nitrogen and oxygen atoms in total. The second-order valence-electron chi connectivity index (χ2n) is 20.6. The quantitative estimate of drug-likeness (QED) is 0.0298. The van der Waals surface area contributed by atoms with Crippen molar-refractivity contribution in [3.8, 4) is 0 Å². The van der Waals surface area contributed by atoms with Crippen LogP contribution in [0.15, 0.2) is 36.9 Å². The van der Waals surface area contributed by atoms with Crippen LogP contribution in [0.4, 0.5) is 5.82 Å². The Labute approximate surface area is 429 Å². The predicted octanol–water partition coefficient (Wildman–Crippen LogP) is 4.41. The van der Waals surface area contributed by atoms with E-state index in [0.29, 0.717) is 6.42 Å². The van der Waals surface area contributed by atoms with Gasteiger partial charge in [-0.3, -0.25) is 37.3 Å². The van der Waals surface area contributed by atoms with E-state index in [2.05, 4.69) is 46.6 Å². The first-order valence-electron chi connectivity index (χ1n) is 24.0. The Bertz CT molecular complexity index is 2540. The van der Waals surface area contributed by atoms with Crippen LogP contribution in [0.2, 0.25) is 0 Å². The fraction of sp³-hybridized carbons (Fsp3) is 0.667. The van der Waals surface area contributed by atoms with Crippen molar-refractivity contribution in [2.45, 2.75) is 149 Å². The van der Waals surface area contributed by atoms with E-state index in [9.17, 15) is 62.7 Å². The number of aliphatic hydroxyl groups is 2. The van der Waals surface area contributed by atoms with Gasteiger partial charge in [-0.2, -0.15) is 4.31 Å². The van der Waals surface area contributed by atoms with E-state index >= 15 is 0 Å². The zero-order valence-corrected chi connectivity index (χ0v) is 45.1. The molecule has 1 aromatic carbocycles. The van der Waals surface area contributed by atoms with Crippen LogP contribution in [0.3, 0.4) is 0 Å². The van der Waals surface area contributed by atoms with Crippen molar-refractivity contribution < 1.29 is 90.4 Å². The summed E-state index contributed by atoms with van der Waals surface area (Å²) in [6.45, 7) is 8.37. The Morgan fingerprint density at radius 1 is 0.824 bits per heavy atom. The number of carboxylic acid groups (broad SMARTS) is 1. The predicted molar refractivity (Wildman–Crippen MR) is 265 cm³/mol. The van der Waals surface area contributed by atoms with Gasteiger partial charge in [0.05, 0.1) is 26.0 Å². The lowest BCUT2D eigenvalue weighted by Crippen LogP contribution is -2.46. The number of hydrogen-bond donors (Lipinski definition) is 10. The molecule has 0 aliphatic carbocycles. The van der Waals surface area contributed by atoms with Gasteiger partial charge in [-0.1, -0.05) is 78.6 Å². The van der Waals surface area contributed by atoms with Crippen LogP contribution in [0, 0.1) is 16.2 Å². The van der Waals surface area contributed by atoms with Gasteiger partial charge in [-0.05, 0) is 60.5 Å². The molecular formula is C45H72N7O19P3.